The van der Waals surface area contributed by atoms with E-state index in [0.29, 0.717) is 0 Å². The van der Waals surface area contributed by atoms with Crippen LogP contribution in [0.3, 0.4) is 0 Å². The Morgan fingerprint density at radius 1 is 0.636 bits per heavy atom. The fourth-order valence-corrected chi connectivity index (χ4v) is 1.06. The number of halogens is 3. The van der Waals surface area contributed by atoms with Gasteiger partial charge >= 0.3 is 0 Å². The molecule has 0 aromatic rings. The van der Waals surface area contributed by atoms with E-state index >= 15 is 0 Å². The van der Waals surface area contributed by atoms with Crippen molar-refractivity contribution in [1.82, 2.24) is 0 Å². The predicted molar refractivity (Wildman–Crippen MR) is 52.7 cm³/mol. The number of rotatable bonds is 0. The van der Waals surface area contributed by atoms with Crippen LogP contribution in [0, 0.1) is 0 Å². The average molecular weight is 222 g/mol. The lowest BCUT2D eigenvalue weighted by Crippen LogP contribution is -1.85. The molecule has 0 atom stereocenters. The lowest BCUT2D eigenvalue weighted by Gasteiger charge is -2.05. The Bertz CT molecular complexity index is 50.4. The summed E-state index contributed by atoms with van der Waals surface area (Å²) in [5, 5.41) is 0. The van der Waals surface area contributed by atoms with E-state index in [1.165, 1.54) is 38.5 Å². The molecule has 1 fully saturated rings. The second-order valence-corrected chi connectivity index (χ2v) is 4.35. The highest BCUT2D eigenvalue weighted by Gasteiger charge is 1.95. The smallest absolute Gasteiger partial charge is 0.180 e. The lowest BCUT2D eigenvalue weighted by atomic mass is 10.0. The van der Waals surface area contributed by atoms with Crippen LogP contribution in [0.15, 0.2) is 0 Å². The monoisotopic (exact) mass is 220 g/mol. The average Bonchev–Trinajstić information content (AvgIpc) is 1.90. The van der Waals surface area contributed by atoms with E-state index < -0.39 is 4.30 Å². The van der Waals surface area contributed by atoms with E-state index in [9.17, 15) is 0 Å². The van der Waals surface area contributed by atoms with Crippen molar-refractivity contribution in [2.24, 2.45) is 0 Å². The van der Waals surface area contributed by atoms with Gasteiger partial charge < -0.3 is 5.48 Å². The van der Waals surface area contributed by atoms with Gasteiger partial charge in [0.25, 0.3) is 0 Å². The van der Waals surface area contributed by atoms with Crippen molar-refractivity contribution in [2.75, 3.05) is 0 Å². The number of hydrogen-bond donors (Lipinski definition) is 0. The van der Waals surface area contributed by atoms with Gasteiger partial charge in [0, 0.05) is 0 Å². The predicted octanol–water partition coefficient (Wildman–Crippen LogP) is 3.50. The molecule has 0 radical (unpaired) electrons. The van der Waals surface area contributed by atoms with Crippen LogP contribution in [-0.4, -0.2) is 9.77 Å². The third-order valence-corrected chi connectivity index (χ3v) is 1.50. The summed E-state index contributed by atoms with van der Waals surface area (Å²) in [5.41, 5.74) is 0. The van der Waals surface area contributed by atoms with Gasteiger partial charge in [-0.25, -0.2) is 0 Å². The van der Waals surface area contributed by atoms with Crippen LogP contribution >= 0.6 is 34.8 Å². The molecule has 0 aromatic heterocycles. The van der Waals surface area contributed by atoms with Crippen LogP contribution in [-0.2, 0) is 0 Å². The Kier molecular flexibility index (Phi) is 14.1. The highest BCUT2D eigenvalue weighted by atomic mass is 35.6. The van der Waals surface area contributed by atoms with Gasteiger partial charge in [-0.1, -0.05) is 73.3 Å². The summed E-state index contributed by atoms with van der Waals surface area (Å²) in [6, 6.07) is 0. The van der Waals surface area contributed by atoms with Gasteiger partial charge in [-0.15, -0.1) is 0 Å². The molecule has 1 saturated carbocycles. The van der Waals surface area contributed by atoms with Crippen molar-refractivity contribution >= 4 is 34.8 Å². The molecule has 0 unspecified atom stereocenters. The van der Waals surface area contributed by atoms with Crippen LogP contribution < -0.4 is 0 Å². The molecule has 0 spiro atoms. The normalized spacial score (nSPS) is 16.4. The van der Waals surface area contributed by atoms with Crippen LogP contribution in [0.2, 0.25) is 0 Å². The summed E-state index contributed by atoms with van der Waals surface area (Å²) in [6.07, 6.45) is 9.00. The molecule has 11 heavy (non-hydrogen) atoms. The topological polar surface area (TPSA) is 31.5 Å². The van der Waals surface area contributed by atoms with Crippen molar-refractivity contribution in [3.05, 3.63) is 0 Å². The van der Waals surface area contributed by atoms with E-state index in [0.717, 1.165) is 0 Å². The summed E-state index contributed by atoms with van der Waals surface area (Å²) in [4.78, 5) is 0. The molecule has 0 amide bonds. The summed E-state index contributed by atoms with van der Waals surface area (Å²) >= 11 is 14.4. The van der Waals surface area contributed by atoms with Crippen LogP contribution in [0.4, 0.5) is 0 Å². The molecule has 1 rings (SSSR count). The fourth-order valence-electron chi connectivity index (χ4n) is 1.06. The molecule has 0 aromatic carbocycles. The van der Waals surface area contributed by atoms with Crippen molar-refractivity contribution in [2.45, 2.75) is 42.8 Å². The van der Waals surface area contributed by atoms with Gasteiger partial charge in [-0.05, 0) is 0 Å². The first-order valence-electron chi connectivity index (χ1n) is 3.65. The van der Waals surface area contributed by atoms with E-state index in [1.54, 1.807) is 0 Å². The summed E-state index contributed by atoms with van der Waals surface area (Å²) < 4.78 is -0.750. The maximum Gasteiger partial charge on any atom is 0.180 e. The first-order valence-corrected chi connectivity index (χ1v) is 4.96. The molecule has 1 aliphatic carbocycles. The van der Waals surface area contributed by atoms with Crippen LogP contribution in [0.5, 0.6) is 0 Å². The first-order chi connectivity index (χ1) is 4.73. The molecule has 1 nitrogen and oxygen atoms in total. The van der Waals surface area contributed by atoms with Crippen molar-refractivity contribution in [3.63, 3.8) is 0 Å². The minimum atomic E-state index is -0.750. The zero-order valence-corrected chi connectivity index (χ0v) is 8.72. The molecule has 70 valence electrons. The molecular formula is C7H15Cl3O. The summed E-state index contributed by atoms with van der Waals surface area (Å²) in [5.74, 6) is 0. The zero-order valence-electron chi connectivity index (χ0n) is 6.45. The molecule has 0 aliphatic heterocycles. The minimum Gasteiger partial charge on any atom is -0.412 e. The molecule has 0 heterocycles. The Labute approximate surface area is 83.3 Å². The second kappa shape index (κ2) is 10.8. The van der Waals surface area contributed by atoms with E-state index in [2.05, 4.69) is 0 Å². The van der Waals surface area contributed by atoms with E-state index in [4.69, 9.17) is 34.8 Å². The lowest BCUT2D eigenvalue weighted by molar-refractivity contribution is 0.504. The second-order valence-electron chi connectivity index (χ2n) is 2.37. The van der Waals surface area contributed by atoms with Crippen molar-refractivity contribution < 1.29 is 5.48 Å². The van der Waals surface area contributed by atoms with Gasteiger partial charge in [0.1, 0.15) is 0 Å². The maximum atomic E-state index is 4.81. The molecule has 2 N–H and O–H groups in total. The zero-order chi connectivity index (χ0) is 7.82. The Hall–Kier alpha value is 0.830. The van der Waals surface area contributed by atoms with Crippen LogP contribution in [0.1, 0.15) is 38.5 Å². The van der Waals surface area contributed by atoms with E-state index in [-0.39, 0.29) is 5.48 Å². The summed E-state index contributed by atoms with van der Waals surface area (Å²) in [7, 11) is 0. The Morgan fingerprint density at radius 2 is 0.727 bits per heavy atom. The SMILES string of the molecule is C1CCCCC1.ClC(Cl)Cl.O. The fraction of sp³-hybridized carbons (Fsp3) is 1.00. The molecule has 0 bridgehead atoms. The highest BCUT2D eigenvalue weighted by molar-refractivity contribution is 6.63. The van der Waals surface area contributed by atoms with Crippen molar-refractivity contribution in [3.8, 4) is 0 Å². The van der Waals surface area contributed by atoms with Gasteiger partial charge in [0.2, 0.25) is 0 Å². The molecule has 4 heteroatoms. The quantitative estimate of drug-likeness (QED) is 0.561. The highest BCUT2D eigenvalue weighted by Crippen LogP contribution is 2.15. The third kappa shape index (κ3) is 18.1. The molecule has 1 aliphatic rings. The number of alkyl halides is 3. The van der Waals surface area contributed by atoms with E-state index in [1.807, 2.05) is 0 Å². The first kappa shape index (κ1) is 14.4. The van der Waals surface area contributed by atoms with Gasteiger partial charge in [0.05, 0.1) is 0 Å². The maximum absolute atomic E-state index is 4.81. The number of hydrogen-bond acceptors (Lipinski definition) is 0. The van der Waals surface area contributed by atoms with Gasteiger partial charge in [-0.2, -0.15) is 0 Å². The largest absolute Gasteiger partial charge is 0.412 e. The molecule has 0 saturated heterocycles. The Balaban J connectivity index is 0. The molecular weight excluding hydrogens is 206 g/mol. The van der Waals surface area contributed by atoms with Gasteiger partial charge in [0.15, 0.2) is 4.30 Å². The third-order valence-electron chi connectivity index (χ3n) is 1.50. The summed E-state index contributed by atoms with van der Waals surface area (Å²) in [6.45, 7) is 0. The van der Waals surface area contributed by atoms with Gasteiger partial charge in [-0.3, -0.25) is 0 Å². The van der Waals surface area contributed by atoms with Crippen LogP contribution in [0.25, 0.3) is 0 Å². The van der Waals surface area contributed by atoms with Crippen molar-refractivity contribution in [1.29, 1.82) is 0 Å². The Morgan fingerprint density at radius 3 is 0.818 bits per heavy atom. The minimum absolute atomic E-state index is 0. The standard InChI is InChI=1S/C6H12.CHCl3.H2O/c1-2-4-6-5-3-1;2-1(3)4;/h1-6H2;1H;1H2.